The largest absolute Gasteiger partial charge is 0.395 e. The molecule has 0 saturated heterocycles. The lowest BCUT2D eigenvalue weighted by molar-refractivity contribution is -0.115. The number of hydrogen-bond donors (Lipinski definition) is 3. The third kappa shape index (κ3) is 6.09. The van der Waals surface area contributed by atoms with Crippen molar-refractivity contribution < 1.29 is 15.0 Å². The van der Waals surface area contributed by atoms with Crippen molar-refractivity contribution in [1.29, 1.82) is 0 Å². The molecule has 0 spiro atoms. The molecule has 4 N–H and O–H groups in total. The van der Waals surface area contributed by atoms with Crippen molar-refractivity contribution in [3.63, 3.8) is 0 Å². The van der Waals surface area contributed by atoms with Crippen LogP contribution in [0.2, 0.25) is 0 Å². The number of carbonyl (C=O) groups is 1. The van der Waals surface area contributed by atoms with Crippen molar-refractivity contribution in [3.05, 3.63) is 6.42 Å². The highest BCUT2D eigenvalue weighted by molar-refractivity contribution is 5.83. The van der Waals surface area contributed by atoms with E-state index >= 15 is 0 Å². The highest BCUT2D eigenvalue weighted by Crippen LogP contribution is 1.88. The van der Waals surface area contributed by atoms with Crippen molar-refractivity contribution >= 4 is 5.91 Å². The van der Waals surface area contributed by atoms with Crippen LogP contribution in [0.5, 0.6) is 0 Å². The molecule has 0 unspecified atom stereocenters. The van der Waals surface area contributed by atoms with Crippen molar-refractivity contribution in [2.24, 2.45) is 5.73 Å². The van der Waals surface area contributed by atoms with Gasteiger partial charge in [0.15, 0.2) is 0 Å². The van der Waals surface area contributed by atoms with Crippen molar-refractivity contribution in [1.82, 2.24) is 4.90 Å². The van der Waals surface area contributed by atoms with E-state index in [1.807, 2.05) is 0 Å². The van der Waals surface area contributed by atoms with E-state index in [0.717, 1.165) is 0 Å². The normalized spacial score (nSPS) is 10.6. The lowest BCUT2D eigenvalue weighted by Crippen LogP contribution is -2.33. The fourth-order valence-electron chi connectivity index (χ4n) is 0.796. The average Bonchev–Trinajstić information content (AvgIpc) is 2.01. The van der Waals surface area contributed by atoms with Crippen LogP contribution < -0.4 is 5.73 Å². The Hall–Kier alpha value is -0.650. The lowest BCUT2D eigenvalue weighted by Gasteiger charge is -2.18. The van der Waals surface area contributed by atoms with Gasteiger partial charge in [-0.1, -0.05) is 0 Å². The van der Waals surface area contributed by atoms with Crippen LogP contribution in [0.4, 0.5) is 0 Å². The Bertz CT molecular complexity index is 124. The second-order valence-electron chi connectivity index (χ2n) is 2.35. The Morgan fingerprint density at radius 3 is 2.17 bits per heavy atom. The van der Waals surface area contributed by atoms with Gasteiger partial charge in [-0.2, -0.15) is 0 Å². The topological polar surface area (TPSA) is 86.8 Å². The summed E-state index contributed by atoms with van der Waals surface area (Å²) in [6.07, 6.45) is 1.31. The van der Waals surface area contributed by atoms with Gasteiger partial charge in [-0.3, -0.25) is 9.69 Å². The van der Waals surface area contributed by atoms with Crippen molar-refractivity contribution in [2.75, 3.05) is 32.8 Å². The number of primary amides is 1. The lowest BCUT2D eigenvalue weighted by atomic mass is 10.3. The number of carbonyl (C=O) groups excluding carboxylic acids is 1. The molecule has 0 aliphatic rings. The zero-order valence-corrected chi connectivity index (χ0v) is 6.94. The van der Waals surface area contributed by atoms with E-state index in [9.17, 15) is 4.79 Å². The van der Waals surface area contributed by atoms with Gasteiger partial charge in [0, 0.05) is 19.6 Å². The molecule has 71 valence electrons. The molecule has 5 nitrogen and oxygen atoms in total. The molecule has 0 atom stereocenters. The molecule has 0 aliphatic carbocycles. The number of amides is 1. The molecule has 0 aromatic rings. The Labute approximate surface area is 71.8 Å². The molecule has 0 fully saturated rings. The minimum absolute atomic E-state index is 0.00655. The van der Waals surface area contributed by atoms with E-state index in [1.165, 1.54) is 6.42 Å². The number of aliphatic hydroxyl groups is 2. The first-order chi connectivity index (χ1) is 5.70. The van der Waals surface area contributed by atoms with Gasteiger partial charge in [0.25, 0.3) is 0 Å². The first kappa shape index (κ1) is 11.4. The van der Waals surface area contributed by atoms with E-state index in [-0.39, 0.29) is 13.2 Å². The maximum Gasteiger partial charge on any atom is 0.222 e. The minimum Gasteiger partial charge on any atom is -0.395 e. The predicted molar refractivity (Wildman–Crippen MR) is 44.1 cm³/mol. The highest BCUT2D eigenvalue weighted by Gasteiger charge is 2.04. The third-order valence-corrected chi connectivity index (χ3v) is 1.38. The smallest absolute Gasteiger partial charge is 0.222 e. The summed E-state index contributed by atoms with van der Waals surface area (Å²) >= 11 is 0. The molecule has 1 radical (unpaired) electrons. The molecule has 0 aromatic heterocycles. The second-order valence-corrected chi connectivity index (χ2v) is 2.35. The van der Waals surface area contributed by atoms with Crippen LogP contribution in [-0.4, -0.2) is 53.9 Å². The van der Waals surface area contributed by atoms with E-state index in [1.54, 1.807) is 4.90 Å². The Morgan fingerprint density at radius 1 is 1.33 bits per heavy atom. The zero-order valence-electron chi connectivity index (χ0n) is 6.94. The molecule has 0 saturated carbocycles. The van der Waals surface area contributed by atoms with Crippen LogP contribution >= 0.6 is 0 Å². The fraction of sp³-hybridized carbons (Fsp3) is 0.714. The number of hydrogen-bond acceptors (Lipinski definition) is 4. The molecular weight excluding hydrogens is 160 g/mol. The van der Waals surface area contributed by atoms with Crippen LogP contribution in [0.3, 0.4) is 0 Å². The average molecular weight is 175 g/mol. The summed E-state index contributed by atoms with van der Waals surface area (Å²) in [6.45, 7) is 1.25. The molecule has 0 rings (SSSR count). The monoisotopic (exact) mass is 175 g/mol. The highest BCUT2D eigenvalue weighted by atomic mass is 16.3. The van der Waals surface area contributed by atoms with Gasteiger partial charge in [0.1, 0.15) is 0 Å². The molecule has 0 bridgehead atoms. The molecule has 0 aliphatic heterocycles. The number of aliphatic hydroxyl groups excluding tert-OH is 2. The first-order valence-corrected chi connectivity index (χ1v) is 3.77. The summed E-state index contributed by atoms with van der Waals surface area (Å²) in [5.41, 5.74) is 4.89. The molecule has 0 heterocycles. The van der Waals surface area contributed by atoms with E-state index in [4.69, 9.17) is 15.9 Å². The third-order valence-electron chi connectivity index (χ3n) is 1.38. The molecule has 1 amide bonds. The van der Waals surface area contributed by atoms with Crippen LogP contribution in [0.25, 0.3) is 0 Å². The van der Waals surface area contributed by atoms with Gasteiger partial charge < -0.3 is 15.9 Å². The molecular formula is C7H15N2O3. The fourth-order valence-corrected chi connectivity index (χ4v) is 0.796. The van der Waals surface area contributed by atoms with Crippen LogP contribution in [0.1, 0.15) is 0 Å². The molecule has 12 heavy (non-hydrogen) atoms. The first-order valence-electron chi connectivity index (χ1n) is 3.77. The summed E-state index contributed by atoms with van der Waals surface area (Å²) < 4.78 is 0. The van der Waals surface area contributed by atoms with Gasteiger partial charge in [-0.05, 0) is 0 Å². The minimum atomic E-state index is -0.490. The van der Waals surface area contributed by atoms with Gasteiger partial charge in [0.05, 0.1) is 19.6 Å². The van der Waals surface area contributed by atoms with Crippen molar-refractivity contribution in [3.8, 4) is 0 Å². The molecule has 5 heteroatoms. The van der Waals surface area contributed by atoms with Crippen LogP contribution in [-0.2, 0) is 4.79 Å². The maximum atomic E-state index is 10.3. The Morgan fingerprint density at radius 2 is 1.83 bits per heavy atom. The van der Waals surface area contributed by atoms with Gasteiger partial charge >= 0.3 is 0 Å². The summed E-state index contributed by atoms with van der Waals surface area (Å²) in [4.78, 5) is 12.1. The van der Waals surface area contributed by atoms with E-state index < -0.39 is 5.91 Å². The van der Waals surface area contributed by atoms with Crippen LogP contribution in [0, 0.1) is 6.42 Å². The number of rotatable bonds is 7. The summed E-state index contributed by atoms with van der Waals surface area (Å²) in [5.74, 6) is -0.490. The van der Waals surface area contributed by atoms with Gasteiger partial charge in [-0.15, -0.1) is 0 Å². The molecule has 0 aromatic carbocycles. The number of nitrogens with two attached hydrogens (primary N) is 1. The SMILES string of the molecule is NC(=O)[CH]CN(CCO)CCO. The standard InChI is InChI=1S/C7H15N2O3/c8-7(12)1-2-9(3-5-10)4-6-11/h1,10-11H,2-6H2,(H2,8,12). The van der Waals surface area contributed by atoms with Crippen LogP contribution in [0.15, 0.2) is 0 Å². The van der Waals surface area contributed by atoms with E-state index in [2.05, 4.69) is 0 Å². The van der Waals surface area contributed by atoms with Gasteiger partial charge in [0.2, 0.25) is 5.91 Å². The quantitative estimate of drug-likeness (QED) is 0.416. The summed E-state index contributed by atoms with van der Waals surface area (Å²) in [6, 6.07) is 0. The predicted octanol–water partition coefficient (Wildman–Crippen LogP) is -2.04. The Balaban J connectivity index is 3.54. The summed E-state index contributed by atoms with van der Waals surface area (Å²) in [5, 5.41) is 17.2. The van der Waals surface area contributed by atoms with Gasteiger partial charge in [-0.25, -0.2) is 0 Å². The summed E-state index contributed by atoms with van der Waals surface area (Å²) in [7, 11) is 0. The maximum absolute atomic E-state index is 10.3. The second kappa shape index (κ2) is 7.02. The van der Waals surface area contributed by atoms with Crippen molar-refractivity contribution in [2.45, 2.75) is 0 Å². The van der Waals surface area contributed by atoms with E-state index in [0.29, 0.717) is 19.6 Å². The number of nitrogens with zero attached hydrogens (tertiary/aromatic N) is 1. The Kier molecular flexibility index (Phi) is 6.64. The zero-order chi connectivity index (χ0) is 9.40.